The molecule has 2 aliphatic rings. The summed E-state index contributed by atoms with van der Waals surface area (Å²) < 4.78 is 0.820. The Kier molecular flexibility index (Phi) is 4.20. The molecule has 4 nitrogen and oxygen atoms in total. The minimum absolute atomic E-state index is 0.0631. The van der Waals surface area contributed by atoms with Crippen LogP contribution in [0.25, 0.3) is 17.0 Å². The van der Waals surface area contributed by atoms with Crippen LogP contribution in [0.15, 0.2) is 40.8 Å². The molecule has 0 saturated heterocycles. The summed E-state index contributed by atoms with van der Waals surface area (Å²) in [5.74, 6) is 1.18. The second-order valence-electron chi connectivity index (χ2n) is 6.78. The molecule has 2 atom stereocenters. The van der Waals surface area contributed by atoms with Crippen molar-refractivity contribution in [3.05, 3.63) is 52.0 Å². The maximum absolute atomic E-state index is 12.9. The molecule has 1 saturated carbocycles. The molecule has 1 fully saturated rings. The molecule has 1 aromatic carbocycles. The first-order valence-electron chi connectivity index (χ1n) is 8.67. The lowest BCUT2D eigenvalue weighted by molar-refractivity contribution is -0.117. The molecule has 2 bridgehead atoms. The number of aryl methyl sites for hydroxylation is 1. The minimum atomic E-state index is 0.0631. The van der Waals surface area contributed by atoms with Crippen molar-refractivity contribution in [1.82, 2.24) is 9.97 Å². The molecule has 1 aromatic heterocycles. The van der Waals surface area contributed by atoms with Gasteiger partial charge in [-0.3, -0.25) is 4.79 Å². The number of aromatic nitrogens is 2. The number of rotatable bonds is 3. The van der Waals surface area contributed by atoms with Crippen LogP contribution in [0.2, 0.25) is 0 Å². The van der Waals surface area contributed by atoms with E-state index in [2.05, 4.69) is 32.8 Å². The molecule has 2 aliphatic carbocycles. The molecule has 0 spiro atoms. The Morgan fingerprint density at radius 2 is 1.92 bits per heavy atom. The summed E-state index contributed by atoms with van der Waals surface area (Å²) in [6.07, 6.45) is 6.80. The maximum Gasteiger partial charge on any atom is 0.169 e. The van der Waals surface area contributed by atoms with Crippen molar-refractivity contribution in [2.75, 3.05) is 0 Å². The predicted molar refractivity (Wildman–Crippen MR) is 99.9 cm³/mol. The van der Waals surface area contributed by atoms with Gasteiger partial charge in [-0.2, -0.15) is 0 Å². The van der Waals surface area contributed by atoms with Crippen LogP contribution in [0.1, 0.15) is 37.3 Å². The van der Waals surface area contributed by atoms with Crippen LogP contribution >= 0.6 is 15.9 Å². The van der Waals surface area contributed by atoms with Gasteiger partial charge in [-0.1, -0.05) is 19.1 Å². The van der Waals surface area contributed by atoms with E-state index >= 15 is 0 Å². The highest BCUT2D eigenvalue weighted by atomic mass is 79.9. The first-order chi connectivity index (χ1) is 12.1. The number of carbonyl (C=O) groups is 1. The zero-order chi connectivity index (χ0) is 17.6. The third kappa shape index (κ3) is 2.80. The Balaban J connectivity index is 1.86. The van der Waals surface area contributed by atoms with Crippen molar-refractivity contribution in [3.8, 4) is 11.4 Å². The molecule has 128 valence electrons. The van der Waals surface area contributed by atoms with E-state index in [4.69, 9.17) is 0 Å². The smallest absolute Gasteiger partial charge is 0.169 e. The second kappa shape index (κ2) is 6.37. The number of ketones is 1. The van der Waals surface area contributed by atoms with Gasteiger partial charge in [0.2, 0.25) is 0 Å². The summed E-state index contributed by atoms with van der Waals surface area (Å²) in [7, 11) is 0. The number of carbonyl (C=O) groups excluding carboxylic acids is 1. The van der Waals surface area contributed by atoms with Crippen molar-refractivity contribution < 1.29 is 9.90 Å². The van der Waals surface area contributed by atoms with Crippen molar-refractivity contribution in [3.63, 3.8) is 0 Å². The van der Waals surface area contributed by atoms with Crippen molar-refractivity contribution in [2.24, 2.45) is 11.8 Å². The van der Waals surface area contributed by atoms with E-state index in [0.717, 1.165) is 46.8 Å². The van der Waals surface area contributed by atoms with E-state index in [9.17, 15) is 9.90 Å². The number of Topliss-reactive ketones (excluding diaryl/α,β-unsaturated/α-hetero) is 1. The van der Waals surface area contributed by atoms with E-state index in [1.54, 1.807) is 12.4 Å². The molecular formula is C20H19BrN2O2. The predicted octanol–water partition coefficient (Wildman–Crippen LogP) is 4.74. The molecule has 0 amide bonds. The number of fused-ring (bicyclic) bond motifs is 2. The fraction of sp³-hybridized carbons (Fsp3) is 0.350. The Labute approximate surface area is 155 Å². The standard InChI is InChI=1S/C20H19BrN2O2/c1-2-11-3-6-14(20-22-9-15(21)10-23-20)8-16(11)17-18(24)12-4-5-13(7-12)19(17)25/h3,6,8-10,12-13,24H,2,4-5,7H2,1H3/t12-,13+/m1/s1. The number of benzene rings is 1. The van der Waals surface area contributed by atoms with Crippen LogP contribution in [-0.2, 0) is 11.2 Å². The molecule has 4 rings (SSSR count). The Morgan fingerprint density at radius 3 is 2.64 bits per heavy atom. The molecule has 2 aromatic rings. The number of hydrogen-bond donors (Lipinski definition) is 1. The maximum atomic E-state index is 12.9. The van der Waals surface area contributed by atoms with Gasteiger partial charge in [0.1, 0.15) is 5.76 Å². The van der Waals surface area contributed by atoms with Crippen molar-refractivity contribution in [2.45, 2.75) is 32.6 Å². The van der Waals surface area contributed by atoms with Crippen LogP contribution in [0, 0.1) is 11.8 Å². The lowest BCUT2D eigenvalue weighted by Crippen LogP contribution is -2.22. The fourth-order valence-corrected chi connectivity index (χ4v) is 4.20. The van der Waals surface area contributed by atoms with Crippen LogP contribution in [0.4, 0.5) is 0 Å². The van der Waals surface area contributed by atoms with Crippen molar-refractivity contribution >= 4 is 27.3 Å². The van der Waals surface area contributed by atoms with E-state index in [-0.39, 0.29) is 23.4 Å². The fourth-order valence-electron chi connectivity index (χ4n) is 3.99. The van der Waals surface area contributed by atoms with E-state index in [1.165, 1.54) is 0 Å². The third-order valence-corrected chi connectivity index (χ3v) is 5.74. The summed E-state index contributed by atoms with van der Waals surface area (Å²) in [5, 5.41) is 10.7. The van der Waals surface area contributed by atoms with Gasteiger partial charge in [0.05, 0.1) is 10.0 Å². The highest BCUT2D eigenvalue weighted by molar-refractivity contribution is 9.10. The highest BCUT2D eigenvalue weighted by Gasteiger charge is 2.41. The summed E-state index contributed by atoms with van der Waals surface area (Å²) >= 11 is 3.34. The number of nitrogens with zero attached hydrogens (tertiary/aromatic N) is 2. The lowest BCUT2D eigenvalue weighted by atomic mass is 9.81. The Hall–Kier alpha value is -2.01. The zero-order valence-corrected chi connectivity index (χ0v) is 15.6. The minimum Gasteiger partial charge on any atom is -0.511 e. The van der Waals surface area contributed by atoms with Crippen LogP contribution < -0.4 is 0 Å². The van der Waals surface area contributed by atoms with Crippen LogP contribution in [-0.4, -0.2) is 20.9 Å². The van der Waals surface area contributed by atoms with Gasteiger partial charge in [0, 0.05) is 29.8 Å². The molecule has 0 unspecified atom stereocenters. The summed E-state index contributed by atoms with van der Waals surface area (Å²) in [5.41, 5.74) is 3.28. The quantitative estimate of drug-likeness (QED) is 0.810. The van der Waals surface area contributed by atoms with Gasteiger partial charge in [-0.25, -0.2) is 9.97 Å². The van der Waals surface area contributed by atoms with Gasteiger partial charge >= 0.3 is 0 Å². The molecular weight excluding hydrogens is 380 g/mol. The Bertz CT molecular complexity index is 874. The number of aliphatic hydroxyl groups is 1. The average Bonchev–Trinajstić information content (AvgIpc) is 3.08. The second-order valence-corrected chi connectivity index (χ2v) is 7.70. The lowest BCUT2D eigenvalue weighted by Gasteiger charge is -2.23. The SMILES string of the molecule is CCc1ccc(-c2ncc(Br)cn2)cc1C1=C(O)[C@@H]2CC[C@@H](C2)C1=O. The summed E-state index contributed by atoms with van der Waals surface area (Å²) in [6, 6.07) is 5.95. The third-order valence-electron chi connectivity index (χ3n) is 5.33. The van der Waals surface area contributed by atoms with Gasteiger partial charge in [0.15, 0.2) is 11.6 Å². The molecule has 1 N–H and O–H groups in total. The van der Waals surface area contributed by atoms with Gasteiger partial charge in [-0.05, 0) is 58.8 Å². The first-order valence-corrected chi connectivity index (χ1v) is 9.46. The van der Waals surface area contributed by atoms with Crippen molar-refractivity contribution in [1.29, 1.82) is 0 Å². The van der Waals surface area contributed by atoms with Crippen LogP contribution in [0.3, 0.4) is 0 Å². The molecule has 0 radical (unpaired) electrons. The zero-order valence-electron chi connectivity index (χ0n) is 14.0. The van der Waals surface area contributed by atoms with Crippen LogP contribution in [0.5, 0.6) is 0 Å². The number of halogens is 1. The van der Waals surface area contributed by atoms with E-state index in [0.29, 0.717) is 11.4 Å². The highest BCUT2D eigenvalue weighted by Crippen LogP contribution is 2.46. The molecule has 25 heavy (non-hydrogen) atoms. The van der Waals surface area contributed by atoms with Gasteiger partial charge in [0.25, 0.3) is 0 Å². The number of hydrogen-bond acceptors (Lipinski definition) is 4. The van der Waals surface area contributed by atoms with Gasteiger partial charge in [-0.15, -0.1) is 0 Å². The normalized spacial score (nSPS) is 22.6. The Morgan fingerprint density at radius 1 is 1.20 bits per heavy atom. The summed E-state index contributed by atoms with van der Waals surface area (Å²) in [6.45, 7) is 2.06. The summed E-state index contributed by atoms with van der Waals surface area (Å²) in [4.78, 5) is 21.6. The van der Waals surface area contributed by atoms with E-state index < -0.39 is 0 Å². The average molecular weight is 399 g/mol. The molecule has 5 heteroatoms. The molecule has 0 aliphatic heterocycles. The van der Waals surface area contributed by atoms with Gasteiger partial charge < -0.3 is 5.11 Å². The van der Waals surface area contributed by atoms with E-state index in [1.807, 2.05) is 18.2 Å². The largest absolute Gasteiger partial charge is 0.511 e. The first kappa shape index (κ1) is 16.5. The monoisotopic (exact) mass is 398 g/mol. The number of allylic oxidation sites excluding steroid dienone is 2. The number of aliphatic hydroxyl groups excluding tert-OH is 1. The molecule has 1 heterocycles. The topological polar surface area (TPSA) is 63.1 Å².